The highest BCUT2D eigenvalue weighted by Crippen LogP contribution is 2.43. The summed E-state index contributed by atoms with van der Waals surface area (Å²) in [6, 6.07) is 59.0. The van der Waals surface area contributed by atoms with Gasteiger partial charge in [-0.3, -0.25) is 4.98 Å². The lowest BCUT2D eigenvalue weighted by Gasteiger charge is -2.33. The Morgan fingerprint density at radius 2 is 1.02 bits per heavy atom. The summed E-state index contributed by atoms with van der Waals surface area (Å²) in [5.74, 6) is 0. The number of aromatic nitrogens is 1. The number of benzene rings is 6. The molecule has 0 bridgehead atoms. The van der Waals surface area contributed by atoms with Crippen molar-refractivity contribution in [2.75, 3.05) is 0 Å². The zero-order valence-corrected chi connectivity index (χ0v) is 23.6. The van der Waals surface area contributed by atoms with Crippen LogP contribution in [-0.4, -0.2) is 4.98 Å². The van der Waals surface area contributed by atoms with Gasteiger partial charge in [-0.1, -0.05) is 133 Å². The molecule has 1 heteroatoms. The molecule has 1 heterocycles. The lowest BCUT2D eigenvalue weighted by molar-refractivity contribution is 0.693. The predicted molar refractivity (Wildman–Crippen MR) is 176 cm³/mol. The highest BCUT2D eigenvalue weighted by Gasteiger charge is 2.32. The zero-order chi connectivity index (χ0) is 28.4. The van der Waals surface area contributed by atoms with Crippen LogP contribution in [0.25, 0.3) is 44.3 Å². The summed E-state index contributed by atoms with van der Waals surface area (Å²) in [7, 11) is 0. The van der Waals surface area contributed by atoms with Gasteiger partial charge < -0.3 is 0 Å². The molecule has 200 valence electrons. The maximum Gasteiger partial charge on any atom is 0.0701 e. The van der Waals surface area contributed by atoms with Crippen LogP contribution >= 0.6 is 0 Å². The number of fused-ring (bicyclic) bond motifs is 1. The number of hydrogen-bond donors (Lipinski definition) is 0. The Labute approximate surface area is 247 Å². The Balaban J connectivity index is 1.47. The van der Waals surface area contributed by atoms with E-state index in [9.17, 15) is 0 Å². The molecule has 0 amide bonds. The summed E-state index contributed by atoms with van der Waals surface area (Å²) in [6.07, 6.45) is 1.84. The third kappa shape index (κ3) is 4.70. The number of nitrogens with zero attached hydrogens (tertiary/aromatic N) is 1. The quantitative estimate of drug-likeness (QED) is 0.192. The van der Waals surface area contributed by atoms with Crippen LogP contribution in [0.5, 0.6) is 0 Å². The van der Waals surface area contributed by atoms with E-state index in [0.29, 0.717) is 0 Å². The van der Waals surface area contributed by atoms with Gasteiger partial charge in [0.05, 0.1) is 5.69 Å². The summed E-state index contributed by atoms with van der Waals surface area (Å²) in [5, 5.41) is 2.50. The van der Waals surface area contributed by atoms with Crippen LogP contribution in [0.2, 0.25) is 0 Å². The summed E-state index contributed by atoms with van der Waals surface area (Å²) < 4.78 is 0. The van der Waals surface area contributed by atoms with Crippen LogP contribution in [-0.2, 0) is 5.41 Å². The first kappa shape index (κ1) is 25.7. The summed E-state index contributed by atoms with van der Waals surface area (Å²) in [6.45, 7) is 2.35. The van der Waals surface area contributed by atoms with Crippen molar-refractivity contribution in [2.45, 2.75) is 12.3 Å². The van der Waals surface area contributed by atoms with Gasteiger partial charge in [0.2, 0.25) is 0 Å². The summed E-state index contributed by atoms with van der Waals surface area (Å²) in [5.41, 5.74) is 10.4. The number of rotatable bonds is 6. The third-order valence-corrected chi connectivity index (χ3v) is 8.49. The first-order valence-corrected chi connectivity index (χ1v) is 14.5. The van der Waals surface area contributed by atoms with E-state index >= 15 is 0 Å². The van der Waals surface area contributed by atoms with Gasteiger partial charge in [-0.25, -0.2) is 0 Å². The standard InChI is InChI=1S/C41H31N/c1-41(35-15-4-2-5-16-35,36-17-6-3-7-18-36)37-28-33(30-22-24-32(25-23-30)40-21-10-11-26-42-40)27-34(29-37)39-20-12-14-31-13-8-9-19-38(31)39/h2-29H,1H3. The molecule has 0 aliphatic rings. The fraction of sp³-hybridized carbons (Fsp3) is 0.0488. The highest BCUT2D eigenvalue weighted by atomic mass is 14.7. The van der Waals surface area contributed by atoms with Crippen molar-refractivity contribution in [3.8, 4) is 33.5 Å². The topological polar surface area (TPSA) is 12.9 Å². The Hall–Kier alpha value is -5.27. The lowest BCUT2D eigenvalue weighted by atomic mass is 9.70. The van der Waals surface area contributed by atoms with E-state index in [1.165, 1.54) is 49.7 Å². The SMILES string of the molecule is CC(c1ccccc1)(c1ccccc1)c1cc(-c2ccc(-c3ccccn3)cc2)cc(-c2cccc3ccccc23)c1. The molecule has 0 radical (unpaired) electrons. The Bertz CT molecular complexity index is 1910. The molecule has 7 rings (SSSR count). The molecular formula is C41H31N. The van der Waals surface area contributed by atoms with Gasteiger partial charge >= 0.3 is 0 Å². The van der Waals surface area contributed by atoms with Crippen LogP contribution < -0.4 is 0 Å². The van der Waals surface area contributed by atoms with Crippen molar-refractivity contribution in [2.24, 2.45) is 0 Å². The molecule has 6 aromatic carbocycles. The Morgan fingerprint density at radius 1 is 0.429 bits per heavy atom. The maximum atomic E-state index is 4.55. The van der Waals surface area contributed by atoms with E-state index in [4.69, 9.17) is 0 Å². The van der Waals surface area contributed by atoms with Gasteiger partial charge in [0.1, 0.15) is 0 Å². The van der Waals surface area contributed by atoms with Crippen molar-refractivity contribution in [1.29, 1.82) is 0 Å². The molecule has 7 aromatic rings. The number of hydrogen-bond acceptors (Lipinski definition) is 1. The summed E-state index contributed by atoms with van der Waals surface area (Å²) in [4.78, 5) is 4.55. The maximum absolute atomic E-state index is 4.55. The average molecular weight is 538 g/mol. The minimum Gasteiger partial charge on any atom is -0.256 e. The summed E-state index contributed by atoms with van der Waals surface area (Å²) >= 11 is 0. The molecule has 0 fully saturated rings. The fourth-order valence-corrected chi connectivity index (χ4v) is 6.13. The molecule has 0 saturated carbocycles. The second-order valence-corrected chi connectivity index (χ2v) is 11.0. The smallest absolute Gasteiger partial charge is 0.0701 e. The van der Waals surface area contributed by atoms with Crippen LogP contribution in [0, 0.1) is 0 Å². The molecule has 0 aliphatic carbocycles. The van der Waals surface area contributed by atoms with Gasteiger partial charge in [0, 0.05) is 17.2 Å². The normalized spacial score (nSPS) is 11.5. The zero-order valence-electron chi connectivity index (χ0n) is 23.6. The molecule has 1 aromatic heterocycles. The van der Waals surface area contributed by atoms with Crippen LogP contribution in [0.15, 0.2) is 170 Å². The third-order valence-electron chi connectivity index (χ3n) is 8.49. The van der Waals surface area contributed by atoms with Crippen molar-refractivity contribution >= 4 is 10.8 Å². The second-order valence-electron chi connectivity index (χ2n) is 11.0. The molecule has 0 saturated heterocycles. The monoisotopic (exact) mass is 537 g/mol. The van der Waals surface area contributed by atoms with E-state index in [0.717, 1.165) is 11.3 Å². The van der Waals surface area contributed by atoms with Crippen LogP contribution in [0.1, 0.15) is 23.6 Å². The van der Waals surface area contributed by atoms with Crippen molar-refractivity contribution in [1.82, 2.24) is 4.98 Å². The predicted octanol–water partition coefficient (Wildman–Crippen LogP) is 10.6. The first-order chi connectivity index (χ1) is 20.7. The van der Waals surface area contributed by atoms with E-state index < -0.39 is 0 Å². The van der Waals surface area contributed by atoms with Crippen molar-refractivity contribution in [3.05, 3.63) is 187 Å². The van der Waals surface area contributed by atoms with E-state index in [2.05, 4.69) is 164 Å². The second kappa shape index (κ2) is 11.0. The van der Waals surface area contributed by atoms with Gasteiger partial charge in [-0.15, -0.1) is 0 Å². The van der Waals surface area contributed by atoms with E-state index in [1.807, 2.05) is 18.3 Å². The minimum atomic E-state index is -0.355. The lowest BCUT2D eigenvalue weighted by Crippen LogP contribution is -2.25. The Morgan fingerprint density at radius 3 is 1.71 bits per heavy atom. The molecule has 0 N–H and O–H groups in total. The highest BCUT2D eigenvalue weighted by molar-refractivity contribution is 5.97. The molecule has 0 unspecified atom stereocenters. The van der Waals surface area contributed by atoms with Crippen molar-refractivity contribution < 1.29 is 0 Å². The van der Waals surface area contributed by atoms with Crippen molar-refractivity contribution in [3.63, 3.8) is 0 Å². The van der Waals surface area contributed by atoms with Crippen LogP contribution in [0.4, 0.5) is 0 Å². The molecule has 1 nitrogen and oxygen atoms in total. The van der Waals surface area contributed by atoms with Gasteiger partial charge in [0.25, 0.3) is 0 Å². The molecule has 0 spiro atoms. The molecule has 0 atom stereocenters. The molecule has 42 heavy (non-hydrogen) atoms. The van der Waals surface area contributed by atoms with E-state index in [-0.39, 0.29) is 5.41 Å². The van der Waals surface area contributed by atoms with Gasteiger partial charge in [0.15, 0.2) is 0 Å². The fourth-order valence-electron chi connectivity index (χ4n) is 6.13. The van der Waals surface area contributed by atoms with E-state index in [1.54, 1.807) is 0 Å². The molecule has 0 aliphatic heterocycles. The number of pyridine rings is 1. The average Bonchev–Trinajstić information content (AvgIpc) is 3.08. The van der Waals surface area contributed by atoms with Crippen LogP contribution in [0.3, 0.4) is 0 Å². The Kier molecular flexibility index (Phi) is 6.70. The largest absolute Gasteiger partial charge is 0.256 e. The minimum absolute atomic E-state index is 0.355. The van der Waals surface area contributed by atoms with Gasteiger partial charge in [-0.2, -0.15) is 0 Å². The first-order valence-electron chi connectivity index (χ1n) is 14.5. The molecular weight excluding hydrogens is 506 g/mol. The van der Waals surface area contributed by atoms with Gasteiger partial charge in [-0.05, 0) is 87.0 Å².